The largest absolute Gasteiger partial charge is 0.354 e. The Bertz CT molecular complexity index is 615. The van der Waals surface area contributed by atoms with E-state index >= 15 is 0 Å². The molecule has 0 bridgehead atoms. The average molecular weight is 303 g/mol. The van der Waals surface area contributed by atoms with Crippen LogP contribution in [0.4, 0.5) is 0 Å². The fourth-order valence-electron chi connectivity index (χ4n) is 2.69. The zero-order valence-electron chi connectivity index (χ0n) is 13.8. The van der Waals surface area contributed by atoms with Gasteiger partial charge in [-0.1, -0.05) is 13.8 Å². The Morgan fingerprint density at radius 2 is 2.18 bits per heavy atom. The predicted octanol–water partition coefficient (Wildman–Crippen LogP) is 1.71. The normalized spacial score (nSPS) is 12.4. The standard InChI is InChI=1S/C16H25N5O/c1-5-15-13(3)19-21(14(15)4)10-8-17-16(22)12(2)11-20-9-6-7-18-20/h6-7,9,12H,5,8,10-11H2,1-4H3,(H,17,22). The van der Waals surface area contributed by atoms with E-state index in [0.717, 1.165) is 12.1 Å². The first-order chi connectivity index (χ1) is 10.5. The maximum Gasteiger partial charge on any atom is 0.224 e. The maximum absolute atomic E-state index is 12.1. The van der Waals surface area contributed by atoms with Crippen LogP contribution in [0.3, 0.4) is 0 Å². The number of carbonyl (C=O) groups is 1. The van der Waals surface area contributed by atoms with Gasteiger partial charge in [-0.05, 0) is 31.9 Å². The minimum Gasteiger partial charge on any atom is -0.354 e. The van der Waals surface area contributed by atoms with Crippen molar-refractivity contribution in [3.8, 4) is 0 Å². The van der Waals surface area contributed by atoms with Crippen LogP contribution in [0.5, 0.6) is 0 Å². The van der Waals surface area contributed by atoms with Gasteiger partial charge in [0.15, 0.2) is 0 Å². The van der Waals surface area contributed by atoms with E-state index in [1.807, 2.05) is 30.8 Å². The maximum atomic E-state index is 12.1. The summed E-state index contributed by atoms with van der Waals surface area (Å²) in [6, 6.07) is 1.86. The first kappa shape index (κ1) is 16.3. The Hall–Kier alpha value is -2.11. The summed E-state index contributed by atoms with van der Waals surface area (Å²) in [6.45, 7) is 10.1. The van der Waals surface area contributed by atoms with Crippen molar-refractivity contribution in [2.75, 3.05) is 6.54 Å². The van der Waals surface area contributed by atoms with E-state index in [2.05, 4.69) is 29.4 Å². The minimum absolute atomic E-state index is 0.0488. The van der Waals surface area contributed by atoms with Gasteiger partial charge in [0.2, 0.25) is 5.91 Å². The van der Waals surface area contributed by atoms with Crippen molar-refractivity contribution in [2.45, 2.75) is 47.2 Å². The van der Waals surface area contributed by atoms with Crippen LogP contribution in [0.1, 0.15) is 30.8 Å². The fraction of sp³-hybridized carbons (Fsp3) is 0.562. The van der Waals surface area contributed by atoms with Crippen LogP contribution >= 0.6 is 0 Å². The molecule has 1 N–H and O–H groups in total. The summed E-state index contributed by atoms with van der Waals surface area (Å²) in [5.41, 5.74) is 3.58. The van der Waals surface area contributed by atoms with Crippen molar-refractivity contribution in [1.29, 1.82) is 0 Å². The van der Waals surface area contributed by atoms with Crippen molar-refractivity contribution in [2.24, 2.45) is 5.92 Å². The van der Waals surface area contributed by atoms with Crippen LogP contribution in [-0.4, -0.2) is 32.0 Å². The molecule has 1 atom stereocenters. The molecular formula is C16H25N5O. The molecule has 2 heterocycles. The summed E-state index contributed by atoms with van der Waals surface area (Å²) >= 11 is 0. The molecule has 1 amide bonds. The molecule has 0 fully saturated rings. The van der Waals surface area contributed by atoms with Gasteiger partial charge in [0.25, 0.3) is 0 Å². The number of rotatable bonds is 7. The van der Waals surface area contributed by atoms with Crippen LogP contribution in [-0.2, 0) is 24.3 Å². The SMILES string of the molecule is CCc1c(C)nn(CCNC(=O)C(C)Cn2cccn2)c1C. The summed E-state index contributed by atoms with van der Waals surface area (Å²) in [6.07, 6.45) is 4.58. The highest BCUT2D eigenvalue weighted by Gasteiger charge is 2.14. The van der Waals surface area contributed by atoms with E-state index in [-0.39, 0.29) is 11.8 Å². The molecule has 0 radical (unpaired) electrons. The van der Waals surface area contributed by atoms with Gasteiger partial charge < -0.3 is 5.32 Å². The molecular weight excluding hydrogens is 278 g/mol. The lowest BCUT2D eigenvalue weighted by Gasteiger charge is -2.13. The van der Waals surface area contributed by atoms with Gasteiger partial charge in [0.05, 0.1) is 24.7 Å². The van der Waals surface area contributed by atoms with E-state index < -0.39 is 0 Å². The third kappa shape index (κ3) is 3.75. The van der Waals surface area contributed by atoms with Gasteiger partial charge in [-0.25, -0.2) is 0 Å². The van der Waals surface area contributed by atoms with Crippen molar-refractivity contribution < 1.29 is 4.79 Å². The van der Waals surface area contributed by atoms with Crippen LogP contribution < -0.4 is 5.32 Å². The Balaban J connectivity index is 1.82. The molecule has 0 aliphatic heterocycles. The van der Waals surface area contributed by atoms with E-state index in [9.17, 15) is 4.79 Å². The Morgan fingerprint density at radius 1 is 1.41 bits per heavy atom. The van der Waals surface area contributed by atoms with Crippen molar-refractivity contribution in [1.82, 2.24) is 24.9 Å². The van der Waals surface area contributed by atoms with Crippen LogP contribution in [0.15, 0.2) is 18.5 Å². The first-order valence-corrected chi connectivity index (χ1v) is 7.81. The van der Waals surface area contributed by atoms with E-state index in [4.69, 9.17) is 0 Å². The first-order valence-electron chi connectivity index (χ1n) is 7.81. The summed E-state index contributed by atoms with van der Waals surface area (Å²) in [7, 11) is 0. The van der Waals surface area contributed by atoms with Crippen LogP contribution in [0.25, 0.3) is 0 Å². The molecule has 2 aromatic rings. The fourth-order valence-corrected chi connectivity index (χ4v) is 2.69. The second-order valence-corrected chi connectivity index (χ2v) is 5.65. The number of aryl methyl sites for hydroxylation is 1. The highest BCUT2D eigenvalue weighted by molar-refractivity contribution is 5.78. The summed E-state index contributed by atoms with van der Waals surface area (Å²) < 4.78 is 3.76. The number of aromatic nitrogens is 4. The minimum atomic E-state index is -0.105. The number of amides is 1. The molecule has 0 aliphatic rings. The average Bonchev–Trinajstić information content (AvgIpc) is 3.07. The lowest BCUT2D eigenvalue weighted by Crippen LogP contribution is -2.34. The lowest BCUT2D eigenvalue weighted by molar-refractivity contribution is -0.125. The van der Waals surface area contributed by atoms with Gasteiger partial charge in [-0.3, -0.25) is 14.2 Å². The smallest absolute Gasteiger partial charge is 0.224 e. The molecule has 0 aliphatic carbocycles. The van der Waals surface area contributed by atoms with Gasteiger partial charge in [0.1, 0.15) is 0 Å². The molecule has 0 aromatic carbocycles. The molecule has 0 spiro atoms. The Labute approximate surface area is 131 Å². The van der Waals surface area contributed by atoms with Gasteiger partial charge in [-0.15, -0.1) is 0 Å². The molecule has 2 rings (SSSR count). The molecule has 0 saturated heterocycles. The molecule has 120 valence electrons. The zero-order valence-corrected chi connectivity index (χ0v) is 13.8. The topological polar surface area (TPSA) is 64.7 Å². The van der Waals surface area contributed by atoms with E-state index in [1.54, 1.807) is 10.9 Å². The molecule has 6 heteroatoms. The number of nitrogens with one attached hydrogen (secondary N) is 1. The van der Waals surface area contributed by atoms with Crippen LogP contribution in [0, 0.1) is 19.8 Å². The quantitative estimate of drug-likeness (QED) is 0.847. The van der Waals surface area contributed by atoms with Crippen molar-refractivity contribution in [3.63, 3.8) is 0 Å². The van der Waals surface area contributed by atoms with E-state index in [0.29, 0.717) is 19.6 Å². The highest BCUT2D eigenvalue weighted by atomic mass is 16.1. The molecule has 0 saturated carbocycles. The van der Waals surface area contributed by atoms with Crippen molar-refractivity contribution in [3.05, 3.63) is 35.4 Å². The van der Waals surface area contributed by atoms with Crippen LogP contribution in [0.2, 0.25) is 0 Å². The summed E-state index contributed by atoms with van der Waals surface area (Å²) in [5.74, 6) is -0.0562. The number of nitrogens with zero attached hydrogens (tertiary/aromatic N) is 4. The third-order valence-corrected chi connectivity index (χ3v) is 3.98. The predicted molar refractivity (Wildman–Crippen MR) is 85.5 cm³/mol. The molecule has 1 unspecified atom stereocenters. The number of hydrogen-bond donors (Lipinski definition) is 1. The number of carbonyl (C=O) groups excluding carboxylic acids is 1. The lowest BCUT2D eigenvalue weighted by atomic mass is 10.1. The molecule has 6 nitrogen and oxygen atoms in total. The third-order valence-electron chi connectivity index (χ3n) is 3.98. The Kier molecular flexibility index (Phi) is 5.35. The molecule has 2 aromatic heterocycles. The zero-order chi connectivity index (χ0) is 16.1. The van der Waals surface area contributed by atoms with Gasteiger partial charge in [-0.2, -0.15) is 10.2 Å². The summed E-state index contributed by atoms with van der Waals surface area (Å²) in [4.78, 5) is 12.1. The van der Waals surface area contributed by atoms with Gasteiger partial charge >= 0.3 is 0 Å². The monoisotopic (exact) mass is 303 g/mol. The van der Waals surface area contributed by atoms with Gasteiger partial charge in [0, 0.05) is 24.6 Å². The second-order valence-electron chi connectivity index (χ2n) is 5.65. The molecule has 22 heavy (non-hydrogen) atoms. The van der Waals surface area contributed by atoms with E-state index in [1.165, 1.54) is 11.3 Å². The second kappa shape index (κ2) is 7.24. The summed E-state index contributed by atoms with van der Waals surface area (Å²) in [5, 5.41) is 11.6. The number of hydrogen-bond acceptors (Lipinski definition) is 3. The Morgan fingerprint density at radius 3 is 2.77 bits per heavy atom. The highest BCUT2D eigenvalue weighted by Crippen LogP contribution is 2.13. The van der Waals surface area contributed by atoms with Crippen molar-refractivity contribution >= 4 is 5.91 Å².